The van der Waals surface area contributed by atoms with Crippen LogP contribution in [0.4, 0.5) is 0 Å². The molecule has 1 unspecified atom stereocenters. The Morgan fingerprint density at radius 1 is 1.38 bits per heavy atom. The van der Waals surface area contributed by atoms with Crippen LogP contribution in [0, 0.1) is 0 Å². The van der Waals surface area contributed by atoms with E-state index in [9.17, 15) is 5.11 Å². The second-order valence-electron chi connectivity index (χ2n) is 5.32. The quantitative estimate of drug-likeness (QED) is 0.563. The third-order valence-electron chi connectivity index (χ3n) is 4.02. The highest BCUT2D eigenvalue weighted by Crippen LogP contribution is 2.60. The van der Waals surface area contributed by atoms with Gasteiger partial charge in [0, 0.05) is 17.6 Å². The smallest absolute Gasteiger partial charge is 0.0700 e. The maximum Gasteiger partial charge on any atom is 0.0700 e. The van der Waals surface area contributed by atoms with Crippen LogP contribution >= 0.6 is 0 Å². The van der Waals surface area contributed by atoms with Crippen molar-refractivity contribution < 1.29 is 5.11 Å². The molecule has 0 aromatic heterocycles. The molecule has 4 fully saturated rings. The molecule has 0 aromatic rings. The molecule has 13 heavy (non-hydrogen) atoms. The van der Waals surface area contributed by atoms with Crippen molar-refractivity contribution >= 4 is 0 Å². The Balaban J connectivity index is 1.59. The van der Waals surface area contributed by atoms with Gasteiger partial charge in [0.05, 0.1) is 5.60 Å². The van der Waals surface area contributed by atoms with Crippen molar-refractivity contribution in [2.24, 2.45) is 0 Å². The summed E-state index contributed by atoms with van der Waals surface area (Å²) in [5.41, 5.74) is 0.0714. The van der Waals surface area contributed by atoms with Crippen molar-refractivity contribution in [1.29, 1.82) is 0 Å². The zero-order chi connectivity index (χ0) is 9.10. The van der Waals surface area contributed by atoms with Crippen molar-refractivity contribution in [3.05, 3.63) is 0 Å². The van der Waals surface area contributed by atoms with Gasteiger partial charge in [-0.2, -0.15) is 0 Å². The molecule has 3 heteroatoms. The molecule has 4 rings (SSSR count). The first kappa shape index (κ1) is 8.21. The molecule has 0 spiro atoms. The Kier molecular flexibility index (Phi) is 1.43. The highest BCUT2D eigenvalue weighted by atomic mass is 16.3. The fourth-order valence-corrected chi connectivity index (χ4v) is 3.34. The summed E-state index contributed by atoms with van der Waals surface area (Å²) >= 11 is 0. The minimum Gasteiger partial charge on any atom is -0.390 e. The van der Waals surface area contributed by atoms with E-state index in [1.165, 1.54) is 6.42 Å². The first-order chi connectivity index (χ1) is 6.11. The van der Waals surface area contributed by atoms with Gasteiger partial charge in [0.1, 0.15) is 0 Å². The fraction of sp³-hybridized carbons (Fsp3) is 1.00. The molecule has 0 aromatic carbocycles. The van der Waals surface area contributed by atoms with Gasteiger partial charge in [-0.3, -0.25) is 0 Å². The Hall–Kier alpha value is -0.120. The lowest BCUT2D eigenvalue weighted by molar-refractivity contribution is -0.223. The second kappa shape index (κ2) is 2.27. The van der Waals surface area contributed by atoms with Crippen molar-refractivity contribution in [2.75, 3.05) is 6.54 Å². The molecule has 2 atom stereocenters. The van der Waals surface area contributed by atoms with Gasteiger partial charge < -0.3 is 15.7 Å². The topological polar surface area (TPSA) is 44.3 Å². The van der Waals surface area contributed by atoms with Crippen molar-refractivity contribution in [3.63, 3.8) is 0 Å². The summed E-state index contributed by atoms with van der Waals surface area (Å²) < 4.78 is 0. The van der Waals surface area contributed by atoms with Crippen molar-refractivity contribution in [2.45, 2.75) is 55.8 Å². The van der Waals surface area contributed by atoms with Gasteiger partial charge in [-0.1, -0.05) is 0 Å². The molecular weight excluding hydrogens is 164 g/mol. The van der Waals surface area contributed by atoms with E-state index in [0.29, 0.717) is 17.6 Å². The molecule has 0 amide bonds. The van der Waals surface area contributed by atoms with Crippen molar-refractivity contribution in [3.8, 4) is 0 Å². The molecule has 3 aliphatic carbocycles. The normalized spacial score (nSPS) is 58.6. The molecule has 3 nitrogen and oxygen atoms in total. The number of rotatable bonds is 2. The maximum atomic E-state index is 9.63. The van der Waals surface area contributed by atoms with Gasteiger partial charge in [-0.05, 0) is 39.2 Å². The van der Waals surface area contributed by atoms with Crippen LogP contribution < -0.4 is 10.6 Å². The van der Waals surface area contributed by atoms with Crippen LogP contribution in [0.25, 0.3) is 0 Å². The summed E-state index contributed by atoms with van der Waals surface area (Å²) in [5, 5.41) is 16.8. The lowest BCUT2D eigenvalue weighted by Crippen LogP contribution is -2.79. The van der Waals surface area contributed by atoms with E-state index in [0.717, 1.165) is 25.8 Å². The molecule has 74 valence electrons. The first-order valence-electron chi connectivity index (χ1n) is 5.34. The third kappa shape index (κ3) is 1.07. The SMILES string of the molecule is C[C@@H]1NCCC1NC12CC(O)(C1)C2. The van der Waals surface area contributed by atoms with Crippen LogP contribution in [0.5, 0.6) is 0 Å². The van der Waals surface area contributed by atoms with E-state index in [-0.39, 0.29) is 5.60 Å². The largest absolute Gasteiger partial charge is 0.390 e. The molecule has 2 bridgehead atoms. The summed E-state index contributed by atoms with van der Waals surface area (Å²) in [4.78, 5) is 0. The zero-order valence-electron chi connectivity index (χ0n) is 8.14. The van der Waals surface area contributed by atoms with E-state index < -0.39 is 0 Å². The highest BCUT2D eigenvalue weighted by molar-refractivity contribution is 5.25. The lowest BCUT2D eigenvalue weighted by atomic mass is 9.46. The van der Waals surface area contributed by atoms with Gasteiger partial charge in [0.2, 0.25) is 0 Å². The van der Waals surface area contributed by atoms with Gasteiger partial charge in [0.15, 0.2) is 0 Å². The summed E-state index contributed by atoms with van der Waals surface area (Å²) in [6.07, 6.45) is 4.21. The molecule has 3 N–H and O–H groups in total. The van der Waals surface area contributed by atoms with Crippen LogP contribution in [0.1, 0.15) is 32.6 Å². The van der Waals surface area contributed by atoms with Crippen LogP contribution in [-0.2, 0) is 0 Å². The lowest BCUT2D eigenvalue weighted by Gasteiger charge is -2.68. The molecule has 1 aliphatic heterocycles. The monoisotopic (exact) mass is 182 g/mol. The number of hydrogen-bond acceptors (Lipinski definition) is 3. The van der Waals surface area contributed by atoms with Crippen LogP contribution in [-0.4, -0.2) is 34.9 Å². The predicted molar refractivity (Wildman–Crippen MR) is 50.5 cm³/mol. The van der Waals surface area contributed by atoms with E-state index in [4.69, 9.17) is 0 Å². The standard InChI is InChI=1S/C10H18N2O/c1-7-8(2-3-11-7)12-9-4-10(13,5-9)6-9/h7-8,11-13H,2-6H2,1H3/t7-,8?,9?,10?/m0/s1. The summed E-state index contributed by atoms with van der Waals surface area (Å²) in [6.45, 7) is 3.38. The number of hydrogen-bond donors (Lipinski definition) is 3. The van der Waals surface area contributed by atoms with E-state index in [1.54, 1.807) is 0 Å². The van der Waals surface area contributed by atoms with Gasteiger partial charge >= 0.3 is 0 Å². The zero-order valence-corrected chi connectivity index (χ0v) is 8.14. The third-order valence-corrected chi connectivity index (χ3v) is 4.02. The Morgan fingerprint density at radius 3 is 2.54 bits per heavy atom. The Morgan fingerprint density at radius 2 is 2.08 bits per heavy atom. The summed E-state index contributed by atoms with van der Waals surface area (Å²) in [6, 6.07) is 1.23. The first-order valence-corrected chi connectivity index (χ1v) is 5.34. The average Bonchev–Trinajstić information content (AvgIpc) is 2.31. The molecule has 4 aliphatic rings. The van der Waals surface area contributed by atoms with E-state index >= 15 is 0 Å². The van der Waals surface area contributed by atoms with Crippen molar-refractivity contribution in [1.82, 2.24) is 10.6 Å². The summed E-state index contributed by atoms with van der Waals surface area (Å²) in [5.74, 6) is 0. The molecule has 1 heterocycles. The van der Waals surface area contributed by atoms with E-state index in [1.807, 2.05) is 0 Å². The summed E-state index contributed by atoms with van der Waals surface area (Å²) in [7, 11) is 0. The van der Waals surface area contributed by atoms with Crippen LogP contribution in [0.15, 0.2) is 0 Å². The highest BCUT2D eigenvalue weighted by Gasteiger charge is 2.67. The maximum absolute atomic E-state index is 9.63. The Bertz CT molecular complexity index is 221. The van der Waals surface area contributed by atoms with Gasteiger partial charge in [-0.15, -0.1) is 0 Å². The van der Waals surface area contributed by atoms with Gasteiger partial charge in [0.25, 0.3) is 0 Å². The molecule has 3 saturated carbocycles. The van der Waals surface area contributed by atoms with Crippen LogP contribution in [0.3, 0.4) is 0 Å². The molecule has 0 radical (unpaired) electrons. The van der Waals surface area contributed by atoms with E-state index in [2.05, 4.69) is 17.6 Å². The number of nitrogens with one attached hydrogen (secondary N) is 2. The minimum absolute atomic E-state index is 0.262. The fourth-order valence-electron chi connectivity index (χ4n) is 3.34. The van der Waals surface area contributed by atoms with Gasteiger partial charge in [-0.25, -0.2) is 0 Å². The molecule has 1 saturated heterocycles. The second-order valence-corrected chi connectivity index (χ2v) is 5.32. The minimum atomic E-state index is -0.262. The Labute approximate surface area is 78.9 Å². The molecular formula is C10H18N2O. The van der Waals surface area contributed by atoms with Crippen LogP contribution in [0.2, 0.25) is 0 Å². The number of aliphatic hydroxyl groups is 1. The predicted octanol–water partition coefficient (Wildman–Crippen LogP) is -0.00620. The average molecular weight is 182 g/mol.